The van der Waals surface area contributed by atoms with Gasteiger partial charge in [0, 0.05) is 38.3 Å². The summed E-state index contributed by atoms with van der Waals surface area (Å²) in [5.41, 5.74) is 0. The molecule has 0 amide bonds. The first-order valence-electron chi connectivity index (χ1n) is 7.15. The molecule has 1 heterocycles. The van der Waals surface area contributed by atoms with E-state index in [0.717, 1.165) is 12.5 Å². The van der Waals surface area contributed by atoms with Crippen molar-refractivity contribution in [1.82, 2.24) is 4.90 Å². The highest BCUT2D eigenvalue weighted by atomic mass is 32.2. The Hall–Kier alpha value is 0.270. The van der Waals surface area contributed by atoms with Crippen LogP contribution in [0, 0.1) is 5.92 Å². The zero-order valence-electron chi connectivity index (χ0n) is 11.6. The van der Waals surface area contributed by atoms with Crippen molar-refractivity contribution in [2.24, 2.45) is 5.92 Å². The van der Waals surface area contributed by atoms with Crippen molar-refractivity contribution in [3.63, 3.8) is 0 Å². The maximum Gasteiger partial charge on any atom is 0.0490 e. The Morgan fingerprint density at radius 1 is 1.18 bits per heavy atom. The summed E-state index contributed by atoms with van der Waals surface area (Å²) in [4.78, 5) is 2.63. The van der Waals surface area contributed by atoms with Gasteiger partial charge in [-0.15, -0.1) is 0 Å². The Morgan fingerprint density at radius 3 is 2.59 bits per heavy atom. The Labute approximate surface area is 111 Å². The lowest BCUT2D eigenvalue weighted by Gasteiger charge is -2.26. The molecule has 0 N–H and O–H groups in total. The van der Waals surface area contributed by atoms with Gasteiger partial charge in [-0.2, -0.15) is 11.8 Å². The van der Waals surface area contributed by atoms with E-state index >= 15 is 0 Å². The third-order valence-corrected chi connectivity index (χ3v) is 4.48. The van der Waals surface area contributed by atoms with Gasteiger partial charge in [-0.05, 0) is 31.7 Å². The SMILES string of the molecule is CCC[C@H](CCCCN1CCSCC1)COC. The molecule has 0 radical (unpaired) electrons. The van der Waals surface area contributed by atoms with E-state index in [9.17, 15) is 0 Å². The summed E-state index contributed by atoms with van der Waals surface area (Å²) >= 11 is 2.10. The summed E-state index contributed by atoms with van der Waals surface area (Å²) in [5, 5.41) is 0. The highest BCUT2D eigenvalue weighted by Crippen LogP contribution is 2.16. The fraction of sp³-hybridized carbons (Fsp3) is 1.00. The van der Waals surface area contributed by atoms with E-state index in [1.54, 1.807) is 0 Å². The van der Waals surface area contributed by atoms with Gasteiger partial charge in [0.1, 0.15) is 0 Å². The fourth-order valence-electron chi connectivity index (χ4n) is 2.55. The van der Waals surface area contributed by atoms with Crippen LogP contribution in [0.1, 0.15) is 39.0 Å². The number of nitrogens with zero attached hydrogens (tertiary/aromatic N) is 1. The largest absolute Gasteiger partial charge is 0.384 e. The summed E-state index contributed by atoms with van der Waals surface area (Å²) in [5.74, 6) is 3.46. The first kappa shape index (κ1) is 15.3. The minimum absolute atomic E-state index is 0.793. The molecular formula is C14H29NOS. The number of thioether (sulfide) groups is 1. The van der Waals surface area contributed by atoms with Crippen molar-refractivity contribution in [3.8, 4) is 0 Å². The van der Waals surface area contributed by atoms with Gasteiger partial charge in [-0.1, -0.05) is 19.8 Å². The first-order chi connectivity index (χ1) is 8.36. The molecule has 0 spiro atoms. The minimum atomic E-state index is 0.793. The normalized spacial score (nSPS) is 19.4. The second kappa shape index (κ2) is 10.2. The van der Waals surface area contributed by atoms with Crippen LogP contribution in [0.15, 0.2) is 0 Å². The van der Waals surface area contributed by atoms with E-state index in [4.69, 9.17) is 4.74 Å². The van der Waals surface area contributed by atoms with Gasteiger partial charge in [0.05, 0.1) is 0 Å². The Morgan fingerprint density at radius 2 is 1.94 bits per heavy atom. The summed E-state index contributed by atoms with van der Waals surface area (Å²) < 4.78 is 5.29. The quantitative estimate of drug-likeness (QED) is 0.590. The van der Waals surface area contributed by atoms with Crippen LogP contribution in [-0.4, -0.2) is 49.8 Å². The molecule has 17 heavy (non-hydrogen) atoms. The fourth-order valence-corrected chi connectivity index (χ4v) is 3.53. The van der Waals surface area contributed by atoms with Crippen molar-refractivity contribution in [2.45, 2.75) is 39.0 Å². The van der Waals surface area contributed by atoms with Crippen LogP contribution in [0.2, 0.25) is 0 Å². The molecule has 1 atom stereocenters. The average molecular weight is 259 g/mol. The Kier molecular flexibility index (Phi) is 9.21. The highest BCUT2D eigenvalue weighted by Gasteiger charge is 2.11. The van der Waals surface area contributed by atoms with E-state index in [-0.39, 0.29) is 0 Å². The molecule has 0 aliphatic carbocycles. The number of hydrogen-bond donors (Lipinski definition) is 0. The van der Waals surface area contributed by atoms with E-state index in [0.29, 0.717) is 0 Å². The molecule has 0 aromatic rings. The third-order valence-electron chi connectivity index (χ3n) is 3.54. The number of hydrogen-bond acceptors (Lipinski definition) is 3. The second-order valence-corrected chi connectivity index (χ2v) is 6.28. The topological polar surface area (TPSA) is 12.5 Å². The van der Waals surface area contributed by atoms with Crippen LogP contribution in [0.25, 0.3) is 0 Å². The zero-order chi connectivity index (χ0) is 12.3. The van der Waals surface area contributed by atoms with Gasteiger partial charge in [-0.25, -0.2) is 0 Å². The van der Waals surface area contributed by atoms with Gasteiger partial charge in [0.15, 0.2) is 0 Å². The van der Waals surface area contributed by atoms with Gasteiger partial charge < -0.3 is 9.64 Å². The van der Waals surface area contributed by atoms with Crippen LogP contribution >= 0.6 is 11.8 Å². The molecule has 0 bridgehead atoms. The summed E-state index contributed by atoms with van der Waals surface area (Å²) in [6.45, 7) is 7.15. The van der Waals surface area contributed by atoms with E-state index in [1.807, 2.05) is 7.11 Å². The average Bonchev–Trinajstić information content (AvgIpc) is 2.36. The van der Waals surface area contributed by atoms with Crippen molar-refractivity contribution in [2.75, 3.05) is 44.9 Å². The lowest BCUT2D eigenvalue weighted by atomic mass is 9.98. The van der Waals surface area contributed by atoms with E-state index in [2.05, 4.69) is 23.6 Å². The molecule has 1 rings (SSSR count). The lowest BCUT2D eigenvalue weighted by Crippen LogP contribution is -2.33. The van der Waals surface area contributed by atoms with Crippen LogP contribution in [0.4, 0.5) is 0 Å². The van der Waals surface area contributed by atoms with Gasteiger partial charge >= 0.3 is 0 Å². The monoisotopic (exact) mass is 259 g/mol. The number of unbranched alkanes of at least 4 members (excludes halogenated alkanes) is 1. The Bertz CT molecular complexity index is 166. The van der Waals surface area contributed by atoms with Crippen molar-refractivity contribution >= 4 is 11.8 Å². The molecule has 2 nitrogen and oxygen atoms in total. The third kappa shape index (κ3) is 7.32. The molecular weight excluding hydrogens is 230 g/mol. The maximum absolute atomic E-state index is 5.29. The van der Waals surface area contributed by atoms with Crippen molar-refractivity contribution < 1.29 is 4.74 Å². The van der Waals surface area contributed by atoms with Crippen LogP contribution in [0.5, 0.6) is 0 Å². The number of methoxy groups -OCH3 is 1. The van der Waals surface area contributed by atoms with Crippen molar-refractivity contribution in [3.05, 3.63) is 0 Å². The van der Waals surface area contributed by atoms with Gasteiger partial charge in [0.25, 0.3) is 0 Å². The predicted octanol–water partition coefficient (Wildman–Crippen LogP) is 3.27. The summed E-state index contributed by atoms with van der Waals surface area (Å²) in [7, 11) is 1.83. The van der Waals surface area contributed by atoms with Gasteiger partial charge in [-0.3, -0.25) is 0 Å². The Balaban J connectivity index is 2.00. The minimum Gasteiger partial charge on any atom is -0.384 e. The second-order valence-electron chi connectivity index (χ2n) is 5.06. The maximum atomic E-state index is 5.29. The molecule has 0 unspecified atom stereocenters. The van der Waals surface area contributed by atoms with Crippen LogP contribution in [0.3, 0.4) is 0 Å². The standard InChI is InChI=1S/C14H29NOS/c1-3-6-14(13-16-2)7-4-5-8-15-9-11-17-12-10-15/h14H,3-13H2,1-2H3/t14-/m1/s1. The smallest absolute Gasteiger partial charge is 0.0490 e. The molecule has 102 valence electrons. The van der Waals surface area contributed by atoms with E-state index < -0.39 is 0 Å². The molecule has 1 fully saturated rings. The first-order valence-corrected chi connectivity index (χ1v) is 8.31. The zero-order valence-corrected chi connectivity index (χ0v) is 12.4. The van der Waals surface area contributed by atoms with Crippen LogP contribution < -0.4 is 0 Å². The molecule has 0 saturated carbocycles. The van der Waals surface area contributed by atoms with E-state index in [1.165, 1.54) is 63.2 Å². The highest BCUT2D eigenvalue weighted by molar-refractivity contribution is 7.99. The molecule has 1 saturated heterocycles. The molecule has 0 aromatic carbocycles. The van der Waals surface area contributed by atoms with Crippen molar-refractivity contribution in [1.29, 1.82) is 0 Å². The molecule has 1 aliphatic rings. The number of ether oxygens (including phenoxy) is 1. The summed E-state index contributed by atoms with van der Waals surface area (Å²) in [6.07, 6.45) is 6.71. The van der Waals surface area contributed by atoms with Crippen LogP contribution in [-0.2, 0) is 4.74 Å². The molecule has 0 aromatic heterocycles. The predicted molar refractivity (Wildman–Crippen MR) is 77.9 cm³/mol. The summed E-state index contributed by atoms with van der Waals surface area (Å²) in [6, 6.07) is 0. The number of rotatable bonds is 9. The lowest BCUT2D eigenvalue weighted by molar-refractivity contribution is 0.140. The molecule has 1 aliphatic heterocycles. The van der Waals surface area contributed by atoms with Gasteiger partial charge in [0.2, 0.25) is 0 Å². The molecule has 3 heteroatoms.